The number of hydrogen-bond donors (Lipinski definition) is 1. The van der Waals surface area contributed by atoms with E-state index in [-0.39, 0.29) is 5.91 Å². The molecule has 0 radical (unpaired) electrons. The molecule has 6 heteroatoms. The average molecular weight is 376 g/mol. The number of aryl methyl sites for hydroxylation is 1. The standard InChI is InChI=1S/C22H24N4O2/c1-17-4-6-18(7-5-17)22(27)24-19-8-9-21(23-15-19)26-12-10-25(11-13-26)16-20-3-2-14-28-20/h2-9,14-15H,10-13,16H2,1H3,(H,24,27). The van der Waals surface area contributed by atoms with Crippen molar-refractivity contribution in [2.24, 2.45) is 0 Å². The predicted molar refractivity (Wildman–Crippen MR) is 110 cm³/mol. The zero-order chi connectivity index (χ0) is 19.3. The van der Waals surface area contributed by atoms with Crippen LogP contribution in [0.5, 0.6) is 0 Å². The Kier molecular flexibility index (Phi) is 5.39. The Bertz CT molecular complexity index is 897. The summed E-state index contributed by atoms with van der Waals surface area (Å²) in [4.78, 5) is 21.5. The third-order valence-corrected chi connectivity index (χ3v) is 4.98. The van der Waals surface area contributed by atoms with Crippen LogP contribution in [0.25, 0.3) is 0 Å². The number of benzene rings is 1. The molecule has 1 saturated heterocycles. The molecule has 1 aliphatic heterocycles. The normalized spacial score (nSPS) is 14.8. The van der Waals surface area contributed by atoms with Crippen molar-refractivity contribution in [2.75, 3.05) is 36.4 Å². The lowest BCUT2D eigenvalue weighted by atomic mass is 10.1. The van der Waals surface area contributed by atoms with Gasteiger partial charge in [-0.15, -0.1) is 0 Å². The molecule has 1 fully saturated rings. The van der Waals surface area contributed by atoms with Gasteiger partial charge in [-0.1, -0.05) is 17.7 Å². The average Bonchev–Trinajstić information content (AvgIpc) is 3.23. The van der Waals surface area contributed by atoms with Gasteiger partial charge in [0.1, 0.15) is 11.6 Å². The molecule has 28 heavy (non-hydrogen) atoms. The molecule has 0 aliphatic carbocycles. The molecule has 6 nitrogen and oxygen atoms in total. The van der Waals surface area contributed by atoms with Crippen LogP contribution in [-0.4, -0.2) is 42.0 Å². The van der Waals surface area contributed by atoms with Crippen molar-refractivity contribution in [3.05, 3.63) is 77.9 Å². The van der Waals surface area contributed by atoms with Gasteiger partial charge < -0.3 is 14.6 Å². The maximum atomic E-state index is 12.3. The lowest BCUT2D eigenvalue weighted by Crippen LogP contribution is -2.46. The van der Waals surface area contributed by atoms with Crippen molar-refractivity contribution in [1.29, 1.82) is 0 Å². The van der Waals surface area contributed by atoms with Crippen molar-refractivity contribution in [3.8, 4) is 0 Å². The summed E-state index contributed by atoms with van der Waals surface area (Å²) >= 11 is 0. The van der Waals surface area contributed by atoms with Gasteiger partial charge >= 0.3 is 0 Å². The number of nitrogens with one attached hydrogen (secondary N) is 1. The molecule has 0 saturated carbocycles. The van der Waals surface area contributed by atoms with Gasteiger partial charge in [0.15, 0.2) is 0 Å². The fourth-order valence-corrected chi connectivity index (χ4v) is 3.31. The molecule has 3 aromatic rings. The van der Waals surface area contributed by atoms with Gasteiger partial charge in [-0.2, -0.15) is 0 Å². The number of nitrogens with zero attached hydrogens (tertiary/aromatic N) is 3. The molecular formula is C22H24N4O2. The molecule has 0 unspecified atom stereocenters. The van der Waals surface area contributed by atoms with Gasteiger partial charge in [0.25, 0.3) is 5.91 Å². The third-order valence-electron chi connectivity index (χ3n) is 4.98. The van der Waals surface area contributed by atoms with E-state index in [9.17, 15) is 4.79 Å². The van der Waals surface area contributed by atoms with Crippen LogP contribution >= 0.6 is 0 Å². The van der Waals surface area contributed by atoms with Crippen molar-refractivity contribution >= 4 is 17.4 Å². The number of carbonyl (C=O) groups excluding carboxylic acids is 1. The Balaban J connectivity index is 1.31. The minimum atomic E-state index is -0.124. The fraction of sp³-hybridized carbons (Fsp3) is 0.273. The number of rotatable bonds is 5. The van der Waals surface area contributed by atoms with Crippen LogP contribution in [0.3, 0.4) is 0 Å². The van der Waals surface area contributed by atoms with E-state index in [1.54, 1.807) is 12.5 Å². The van der Waals surface area contributed by atoms with Gasteiger partial charge in [-0.3, -0.25) is 9.69 Å². The molecule has 0 atom stereocenters. The maximum Gasteiger partial charge on any atom is 0.255 e. The Labute approximate surface area is 164 Å². The van der Waals surface area contributed by atoms with E-state index in [1.165, 1.54) is 0 Å². The first-order chi connectivity index (χ1) is 13.7. The number of carbonyl (C=O) groups is 1. The summed E-state index contributed by atoms with van der Waals surface area (Å²) < 4.78 is 5.43. The van der Waals surface area contributed by atoms with Crippen LogP contribution in [0.15, 0.2) is 65.4 Å². The van der Waals surface area contributed by atoms with Gasteiger partial charge in [0.2, 0.25) is 0 Å². The predicted octanol–water partition coefficient (Wildman–Crippen LogP) is 3.56. The van der Waals surface area contributed by atoms with Crippen molar-refractivity contribution < 1.29 is 9.21 Å². The summed E-state index contributed by atoms with van der Waals surface area (Å²) in [5.41, 5.74) is 2.47. The van der Waals surface area contributed by atoms with Crippen molar-refractivity contribution in [3.63, 3.8) is 0 Å². The largest absolute Gasteiger partial charge is 0.468 e. The van der Waals surface area contributed by atoms with Crippen LogP contribution in [0.4, 0.5) is 11.5 Å². The molecular weight excluding hydrogens is 352 g/mol. The molecule has 4 rings (SSSR count). The van der Waals surface area contributed by atoms with Crippen LogP contribution in [0.2, 0.25) is 0 Å². The van der Waals surface area contributed by atoms with Gasteiger partial charge in [-0.05, 0) is 43.3 Å². The lowest BCUT2D eigenvalue weighted by Gasteiger charge is -2.35. The number of anilines is 2. The zero-order valence-corrected chi connectivity index (χ0v) is 16.0. The lowest BCUT2D eigenvalue weighted by molar-refractivity contribution is 0.102. The minimum Gasteiger partial charge on any atom is -0.468 e. The first-order valence-electron chi connectivity index (χ1n) is 9.51. The summed E-state index contributed by atoms with van der Waals surface area (Å²) in [6.07, 6.45) is 3.44. The number of pyridine rings is 1. The summed E-state index contributed by atoms with van der Waals surface area (Å²) in [7, 11) is 0. The van der Waals surface area contributed by atoms with Gasteiger partial charge in [0, 0.05) is 31.7 Å². The second kappa shape index (κ2) is 8.27. The number of hydrogen-bond acceptors (Lipinski definition) is 5. The van der Waals surface area contributed by atoms with Crippen LogP contribution < -0.4 is 10.2 Å². The van der Waals surface area contributed by atoms with E-state index in [1.807, 2.05) is 55.5 Å². The second-order valence-electron chi connectivity index (χ2n) is 7.07. The molecule has 1 aliphatic rings. The van der Waals surface area contributed by atoms with Crippen molar-refractivity contribution in [2.45, 2.75) is 13.5 Å². The first kappa shape index (κ1) is 18.3. The van der Waals surface area contributed by atoms with Crippen LogP contribution in [-0.2, 0) is 6.54 Å². The van der Waals surface area contributed by atoms with Crippen LogP contribution in [0, 0.1) is 6.92 Å². The zero-order valence-electron chi connectivity index (χ0n) is 16.0. The van der Waals surface area contributed by atoms with E-state index in [4.69, 9.17) is 4.42 Å². The maximum absolute atomic E-state index is 12.3. The van der Waals surface area contributed by atoms with E-state index < -0.39 is 0 Å². The molecule has 0 spiro atoms. The number of furan rings is 1. The Morgan fingerprint density at radius 3 is 2.50 bits per heavy atom. The topological polar surface area (TPSA) is 61.6 Å². The second-order valence-corrected chi connectivity index (χ2v) is 7.07. The fourth-order valence-electron chi connectivity index (χ4n) is 3.31. The molecule has 0 bridgehead atoms. The molecule has 144 valence electrons. The van der Waals surface area contributed by atoms with Crippen molar-refractivity contribution in [1.82, 2.24) is 9.88 Å². The van der Waals surface area contributed by atoms with Gasteiger partial charge in [0.05, 0.1) is 24.7 Å². The Hall–Kier alpha value is -3.12. The summed E-state index contributed by atoms with van der Waals surface area (Å²) in [6, 6.07) is 15.3. The molecule has 1 aromatic carbocycles. The minimum absolute atomic E-state index is 0.124. The molecule has 2 aromatic heterocycles. The third kappa shape index (κ3) is 4.40. The van der Waals surface area contributed by atoms with E-state index in [0.29, 0.717) is 11.3 Å². The SMILES string of the molecule is Cc1ccc(C(=O)Nc2ccc(N3CCN(Cc4ccco4)CC3)nc2)cc1. The molecule has 1 N–H and O–H groups in total. The molecule has 1 amide bonds. The van der Waals surface area contributed by atoms with E-state index in [0.717, 1.165) is 49.9 Å². The highest BCUT2D eigenvalue weighted by molar-refractivity contribution is 6.04. The highest BCUT2D eigenvalue weighted by Crippen LogP contribution is 2.18. The number of piperazine rings is 1. The quantitative estimate of drug-likeness (QED) is 0.738. The van der Waals surface area contributed by atoms with E-state index in [2.05, 4.69) is 20.1 Å². The number of aromatic nitrogens is 1. The summed E-state index contributed by atoms with van der Waals surface area (Å²) in [6.45, 7) is 6.62. The Morgan fingerprint density at radius 2 is 1.86 bits per heavy atom. The van der Waals surface area contributed by atoms with E-state index >= 15 is 0 Å². The van der Waals surface area contributed by atoms with Gasteiger partial charge in [-0.25, -0.2) is 4.98 Å². The number of amides is 1. The molecule has 3 heterocycles. The summed E-state index contributed by atoms with van der Waals surface area (Å²) in [5, 5.41) is 2.90. The highest BCUT2D eigenvalue weighted by Gasteiger charge is 2.19. The van der Waals surface area contributed by atoms with Crippen LogP contribution in [0.1, 0.15) is 21.7 Å². The highest BCUT2D eigenvalue weighted by atomic mass is 16.3. The first-order valence-corrected chi connectivity index (χ1v) is 9.51. The Morgan fingerprint density at radius 1 is 1.07 bits per heavy atom. The smallest absolute Gasteiger partial charge is 0.255 e. The summed E-state index contributed by atoms with van der Waals surface area (Å²) in [5.74, 6) is 1.81. The monoisotopic (exact) mass is 376 g/mol.